The average Bonchev–Trinajstić information content (AvgIpc) is 3.03. The Balaban J connectivity index is 0.000000436. The summed E-state index contributed by atoms with van der Waals surface area (Å²) >= 11 is 0. The van der Waals surface area contributed by atoms with Crippen LogP contribution in [-0.4, -0.2) is 4.98 Å². The maximum atomic E-state index is 4.87. The highest BCUT2D eigenvalue weighted by Gasteiger charge is 2.13. The van der Waals surface area contributed by atoms with Crippen LogP contribution in [0.25, 0.3) is 27.6 Å². The van der Waals surface area contributed by atoms with Gasteiger partial charge in [-0.2, -0.15) is 0 Å². The molecule has 0 aliphatic heterocycles. The second-order valence-electron chi connectivity index (χ2n) is 13.0. The van der Waals surface area contributed by atoms with Crippen LogP contribution in [0.5, 0.6) is 0 Å². The quantitative estimate of drug-likeness (QED) is 0.166. The standard InChI is InChI=1S/C29H30N2.C7H16.C6H14/c1-20(2)25-18-28(30-19-21-11-14-24(15-12-21)29(3,4)5)31-27-16-13-23(17-26(25)27)22-9-7-6-8-10-22;1-3-5-7-6-4-2;1-3-5-6-4-2/h6-18H,1,19H2,2-5H3,(H,30,31);3-7H2,1-2H3;3-6H2,1-2H3. The van der Waals surface area contributed by atoms with Crippen LogP contribution in [-0.2, 0) is 12.0 Å². The zero-order chi connectivity index (χ0) is 32.4. The molecule has 1 N–H and O–H groups in total. The number of nitrogens with one attached hydrogen (secondary N) is 1. The summed E-state index contributed by atoms with van der Waals surface area (Å²) in [7, 11) is 0. The van der Waals surface area contributed by atoms with Crippen LogP contribution >= 0.6 is 0 Å². The predicted octanol–water partition coefficient (Wildman–Crippen LogP) is 13.4. The van der Waals surface area contributed by atoms with Gasteiger partial charge >= 0.3 is 0 Å². The van der Waals surface area contributed by atoms with Gasteiger partial charge in [-0.15, -0.1) is 0 Å². The molecule has 0 unspecified atom stereocenters. The summed E-state index contributed by atoms with van der Waals surface area (Å²) in [5.41, 5.74) is 8.30. The summed E-state index contributed by atoms with van der Waals surface area (Å²) < 4.78 is 0. The van der Waals surface area contributed by atoms with Gasteiger partial charge in [-0.25, -0.2) is 4.98 Å². The number of benzene rings is 3. The summed E-state index contributed by atoms with van der Waals surface area (Å²) in [6.07, 6.45) is 12.5. The lowest BCUT2D eigenvalue weighted by atomic mass is 9.87. The molecule has 2 nitrogen and oxygen atoms in total. The second-order valence-corrected chi connectivity index (χ2v) is 13.0. The van der Waals surface area contributed by atoms with E-state index in [4.69, 9.17) is 4.98 Å². The van der Waals surface area contributed by atoms with Crippen LogP contribution in [0.2, 0.25) is 0 Å². The molecule has 0 aliphatic rings. The highest BCUT2D eigenvalue weighted by molar-refractivity contribution is 5.95. The lowest BCUT2D eigenvalue weighted by Crippen LogP contribution is -2.11. The molecule has 0 fully saturated rings. The molecule has 0 aliphatic carbocycles. The lowest BCUT2D eigenvalue weighted by Gasteiger charge is -2.19. The number of hydrogen-bond donors (Lipinski definition) is 1. The number of nitrogens with zero attached hydrogens (tertiary/aromatic N) is 1. The Morgan fingerprint density at radius 2 is 1.25 bits per heavy atom. The Hall–Kier alpha value is -3.39. The molecule has 0 spiro atoms. The molecule has 0 bridgehead atoms. The van der Waals surface area contributed by atoms with Crippen molar-refractivity contribution >= 4 is 22.3 Å². The highest BCUT2D eigenvalue weighted by atomic mass is 15.0. The topological polar surface area (TPSA) is 24.9 Å². The zero-order valence-electron chi connectivity index (χ0n) is 29.2. The minimum atomic E-state index is 0.168. The monoisotopic (exact) mass is 592 g/mol. The molecular formula is C42H60N2. The minimum absolute atomic E-state index is 0.168. The Morgan fingerprint density at radius 3 is 1.77 bits per heavy atom. The number of unbranched alkanes of at least 4 members (excludes halogenated alkanes) is 7. The van der Waals surface area contributed by atoms with Crippen LogP contribution in [0.15, 0.2) is 85.4 Å². The van der Waals surface area contributed by atoms with Crippen molar-refractivity contribution in [3.05, 3.63) is 102 Å². The van der Waals surface area contributed by atoms with E-state index in [1.807, 2.05) is 6.07 Å². The molecule has 0 atom stereocenters. The molecule has 4 rings (SSSR count). The number of anilines is 1. The van der Waals surface area contributed by atoms with Crippen molar-refractivity contribution in [3.63, 3.8) is 0 Å². The third-order valence-electron chi connectivity index (χ3n) is 7.83. The van der Waals surface area contributed by atoms with Crippen LogP contribution in [0, 0.1) is 0 Å². The SMILES string of the molecule is C=C(C)c1cc(NCc2ccc(C(C)(C)C)cc2)nc2ccc(-c3ccccc3)cc12.CCCCCC.CCCCCCC. The zero-order valence-corrected chi connectivity index (χ0v) is 29.2. The Bertz CT molecular complexity index is 1350. The molecular weight excluding hydrogens is 532 g/mol. The van der Waals surface area contributed by atoms with E-state index in [1.54, 1.807) is 0 Å². The van der Waals surface area contributed by atoms with E-state index < -0.39 is 0 Å². The van der Waals surface area contributed by atoms with Crippen molar-refractivity contribution in [2.45, 2.75) is 125 Å². The van der Waals surface area contributed by atoms with Crippen molar-refractivity contribution < 1.29 is 0 Å². The fraction of sp³-hybridized carbons (Fsp3) is 0.452. The third kappa shape index (κ3) is 12.7. The van der Waals surface area contributed by atoms with Crippen LogP contribution in [0.3, 0.4) is 0 Å². The number of pyridine rings is 1. The van der Waals surface area contributed by atoms with Crippen molar-refractivity contribution in [1.29, 1.82) is 0 Å². The Morgan fingerprint density at radius 1 is 0.682 bits per heavy atom. The van der Waals surface area contributed by atoms with E-state index in [0.29, 0.717) is 0 Å². The normalized spacial score (nSPS) is 10.8. The van der Waals surface area contributed by atoms with Crippen molar-refractivity contribution in [2.75, 3.05) is 5.32 Å². The van der Waals surface area contributed by atoms with Crippen LogP contribution in [0.1, 0.15) is 130 Å². The number of rotatable bonds is 12. The fourth-order valence-corrected chi connectivity index (χ4v) is 4.97. The van der Waals surface area contributed by atoms with Crippen LogP contribution in [0.4, 0.5) is 5.82 Å². The molecule has 3 aromatic carbocycles. The average molecular weight is 593 g/mol. The van der Waals surface area contributed by atoms with Gasteiger partial charge in [-0.05, 0) is 58.4 Å². The number of allylic oxidation sites excluding steroid dienone is 1. The van der Waals surface area contributed by atoms with Gasteiger partial charge < -0.3 is 5.32 Å². The van der Waals surface area contributed by atoms with Crippen molar-refractivity contribution in [2.24, 2.45) is 0 Å². The maximum absolute atomic E-state index is 4.87. The minimum Gasteiger partial charge on any atom is -0.366 e. The van der Waals surface area contributed by atoms with Crippen molar-refractivity contribution in [1.82, 2.24) is 4.98 Å². The largest absolute Gasteiger partial charge is 0.366 e. The third-order valence-corrected chi connectivity index (χ3v) is 7.83. The first-order valence-electron chi connectivity index (χ1n) is 17.1. The molecule has 44 heavy (non-hydrogen) atoms. The molecule has 4 aromatic rings. The van der Waals surface area contributed by atoms with E-state index in [2.05, 4.69) is 140 Å². The predicted molar refractivity (Wildman–Crippen MR) is 199 cm³/mol. The second kappa shape index (κ2) is 19.8. The van der Waals surface area contributed by atoms with E-state index >= 15 is 0 Å². The number of aromatic nitrogens is 1. The van der Waals surface area contributed by atoms with Crippen molar-refractivity contribution in [3.8, 4) is 11.1 Å². The first kappa shape index (κ1) is 36.8. The Kier molecular flexibility index (Phi) is 16.6. The summed E-state index contributed by atoms with van der Waals surface area (Å²) in [4.78, 5) is 4.87. The highest BCUT2D eigenvalue weighted by Crippen LogP contribution is 2.30. The van der Waals surface area contributed by atoms with E-state index in [1.165, 1.54) is 80.0 Å². The smallest absolute Gasteiger partial charge is 0.127 e. The van der Waals surface area contributed by atoms with Gasteiger partial charge in [0.1, 0.15) is 5.82 Å². The van der Waals surface area contributed by atoms with Gasteiger partial charge in [-0.1, -0.05) is 179 Å². The fourth-order valence-electron chi connectivity index (χ4n) is 4.97. The van der Waals surface area contributed by atoms with Gasteiger partial charge in [0.2, 0.25) is 0 Å². The number of hydrogen-bond acceptors (Lipinski definition) is 2. The summed E-state index contributed by atoms with van der Waals surface area (Å²) in [6, 6.07) is 27.9. The molecule has 0 radical (unpaired) electrons. The Labute approximate surface area is 270 Å². The lowest BCUT2D eigenvalue weighted by molar-refractivity contribution is 0.590. The van der Waals surface area contributed by atoms with Crippen LogP contribution < -0.4 is 5.32 Å². The molecule has 238 valence electrons. The molecule has 0 amide bonds. The number of fused-ring (bicyclic) bond motifs is 1. The van der Waals surface area contributed by atoms with E-state index in [0.717, 1.165) is 34.4 Å². The molecule has 0 saturated carbocycles. The molecule has 0 saturated heterocycles. The maximum Gasteiger partial charge on any atom is 0.127 e. The molecule has 1 aromatic heterocycles. The first-order valence-corrected chi connectivity index (χ1v) is 17.1. The van der Waals surface area contributed by atoms with Gasteiger partial charge in [0.15, 0.2) is 0 Å². The van der Waals surface area contributed by atoms with Gasteiger partial charge in [0, 0.05) is 11.9 Å². The van der Waals surface area contributed by atoms with Gasteiger partial charge in [0.25, 0.3) is 0 Å². The molecule has 1 heterocycles. The summed E-state index contributed by atoms with van der Waals surface area (Å²) in [5, 5.41) is 4.63. The summed E-state index contributed by atoms with van der Waals surface area (Å²) in [6.45, 7) is 22.7. The molecule has 2 heteroatoms. The van der Waals surface area contributed by atoms with E-state index in [9.17, 15) is 0 Å². The first-order chi connectivity index (χ1) is 21.1. The summed E-state index contributed by atoms with van der Waals surface area (Å²) in [5.74, 6) is 0.873. The van der Waals surface area contributed by atoms with Gasteiger partial charge in [-0.3, -0.25) is 0 Å². The van der Waals surface area contributed by atoms with E-state index in [-0.39, 0.29) is 5.41 Å². The van der Waals surface area contributed by atoms with Gasteiger partial charge in [0.05, 0.1) is 5.52 Å².